The van der Waals surface area contributed by atoms with Gasteiger partial charge in [-0.25, -0.2) is 0 Å². The van der Waals surface area contributed by atoms with E-state index in [1.807, 2.05) is 22.7 Å². The van der Waals surface area contributed by atoms with E-state index in [-0.39, 0.29) is 17.4 Å². The summed E-state index contributed by atoms with van der Waals surface area (Å²) in [6, 6.07) is 0.305. The Balaban J connectivity index is 1.70. The molecular formula is C17H28N4O. The highest BCUT2D eigenvalue weighted by atomic mass is 16.2. The second-order valence-corrected chi connectivity index (χ2v) is 7.38. The molecule has 3 rings (SSSR count). The van der Waals surface area contributed by atoms with Gasteiger partial charge in [0.15, 0.2) is 0 Å². The predicted octanol–water partition coefficient (Wildman–Crippen LogP) is 2.26. The van der Waals surface area contributed by atoms with Gasteiger partial charge in [-0.3, -0.25) is 9.48 Å². The normalized spacial score (nSPS) is 33.0. The predicted molar refractivity (Wildman–Crippen MR) is 86.4 cm³/mol. The van der Waals surface area contributed by atoms with Crippen molar-refractivity contribution in [3.8, 4) is 0 Å². The summed E-state index contributed by atoms with van der Waals surface area (Å²) in [6.07, 6.45) is 10.3. The molecule has 1 aromatic rings. The highest BCUT2D eigenvalue weighted by Gasteiger charge is 2.40. The molecule has 2 aliphatic rings. The van der Waals surface area contributed by atoms with Crippen LogP contribution in [0, 0.1) is 12.8 Å². The van der Waals surface area contributed by atoms with Crippen LogP contribution in [0.1, 0.15) is 57.1 Å². The fraction of sp³-hybridized carbons (Fsp3) is 0.765. The number of hydrogen-bond donors (Lipinski definition) is 1. The van der Waals surface area contributed by atoms with Gasteiger partial charge in [0, 0.05) is 24.8 Å². The van der Waals surface area contributed by atoms with Crippen molar-refractivity contribution >= 4 is 5.91 Å². The summed E-state index contributed by atoms with van der Waals surface area (Å²) in [7, 11) is 0. The van der Waals surface area contributed by atoms with Crippen LogP contribution in [0.4, 0.5) is 0 Å². The monoisotopic (exact) mass is 304 g/mol. The van der Waals surface area contributed by atoms with E-state index in [2.05, 4.69) is 18.2 Å². The lowest BCUT2D eigenvalue weighted by Gasteiger charge is -2.42. The van der Waals surface area contributed by atoms with Gasteiger partial charge >= 0.3 is 0 Å². The van der Waals surface area contributed by atoms with Crippen molar-refractivity contribution in [2.75, 3.05) is 13.1 Å². The number of piperidine rings is 1. The van der Waals surface area contributed by atoms with Gasteiger partial charge in [-0.05, 0) is 45.1 Å². The van der Waals surface area contributed by atoms with Crippen molar-refractivity contribution in [2.45, 2.75) is 64.0 Å². The number of aryl methyl sites for hydroxylation is 1. The van der Waals surface area contributed by atoms with Crippen molar-refractivity contribution in [3.05, 3.63) is 18.0 Å². The standard InChI is InChI=1S/C17H28N4O/c1-13-10-19-21(11-13)14-6-5-9-20(12-14)16(22)15-7-3-4-8-17(15,2)18/h10-11,14-15H,3-9,12,18H2,1-2H3. The fourth-order valence-electron chi connectivity index (χ4n) is 3.99. The quantitative estimate of drug-likeness (QED) is 0.911. The minimum absolute atomic E-state index is 0.0145. The molecule has 5 nitrogen and oxygen atoms in total. The van der Waals surface area contributed by atoms with Crippen LogP contribution in [-0.2, 0) is 4.79 Å². The molecule has 1 saturated heterocycles. The second-order valence-electron chi connectivity index (χ2n) is 7.38. The summed E-state index contributed by atoms with van der Waals surface area (Å²) in [4.78, 5) is 15.0. The molecule has 1 saturated carbocycles. The fourth-order valence-corrected chi connectivity index (χ4v) is 3.99. The number of aromatic nitrogens is 2. The third-order valence-corrected chi connectivity index (χ3v) is 5.37. The molecule has 0 aromatic carbocycles. The van der Waals surface area contributed by atoms with Gasteiger partial charge in [-0.1, -0.05) is 12.8 Å². The zero-order valence-corrected chi connectivity index (χ0v) is 13.8. The Labute approximate surface area is 132 Å². The summed E-state index contributed by atoms with van der Waals surface area (Å²) >= 11 is 0. The molecule has 1 aromatic heterocycles. The van der Waals surface area contributed by atoms with E-state index in [1.54, 1.807) is 0 Å². The molecule has 22 heavy (non-hydrogen) atoms. The van der Waals surface area contributed by atoms with Crippen molar-refractivity contribution in [1.29, 1.82) is 0 Å². The van der Waals surface area contributed by atoms with Crippen LogP contribution in [-0.4, -0.2) is 39.2 Å². The van der Waals surface area contributed by atoms with Gasteiger partial charge in [0.2, 0.25) is 5.91 Å². The molecule has 1 aliphatic carbocycles. The van der Waals surface area contributed by atoms with Crippen LogP contribution >= 0.6 is 0 Å². The number of carbonyl (C=O) groups excluding carboxylic acids is 1. The zero-order valence-electron chi connectivity index (χ0n) is 13.8. The van der Waals surface area contributed by atoms with Crippen LogP contribution in [0.5, 0.6) is 0 Å². The summed E-state index contributed by atoms with van der Waals surface area (Å²) in [6.45, 7) is 5.73. The first-order chi connectivity index (χ1) is 10.5. The first-order valence-electron chi connectivity index (χ1n) is 8.56. The maximum atomic E-state index is 13.0. The number of amides is 1. The SMILES string of the molecule is Cc1cnn(C2CCCN(C(=O)C3CCCCC3(C)N)C2)c1. The number of rotatable bonds is 2. The van der Waals surface area contributed by atoms with Crippen LogP contribution in [0.2, 0.25) is 0 Å². The number of nitrogens with zero attached hydrogens (tertiary/aromatic N) is 3. The Morgan fingerprint density at radius 1 is 1.36 bits per heavy atom. The molecule has 122 valence electrons. The molecule has 3 atom stereocenters. The van der Waals surface area contributed by atoms with Crippen LogP contribution in [0.3, 0.4) is 0 Å². The highest BCUT2D eigenvalue weighted by Crippen LogP contribution is 2.34. The van der Waals surface area contributed by atoms with Crippen molar-refractivity contribution < 1.29 is 4.79 Å². The molecule has 0 spiro atoms. The Hall–Kier alpha value is -1.36. The topological polar surface area (TPSA) is 64.2 Å². The number of hydrogen-bond acceptors (Lipinski definition) is 3. The van der Waals surface area contributed by atoms with E-state index >= 15 is 0 Å². The summed E-state index contributed by atoms with van der Waals surface area (Å²) in [5.41, 5.74) is 7.24. The Kier molecular flexibility index (Phi) is 4.26. The first-order valence-corrected chi connectivity index (χ1v) is 8.56. The molecule has 2 heterocycles. The lowest BCUT2D eigenvalue weighted by atomic mass is 9.74. The average molecular weight is 304 g/mol. The Bertz CT molecular complexity index is 537. The molecule has 0 bridgehead atoms. The number of carbonyl (C=O) groups is 1. The lowest BCUT2D eigenvalue weighted by molar-refractivity contribution is -0.140. The van der Waals surface area contributed by atoms with Gasteiger partial charge in [-0.2, -0.15) is 5.10 Å². The van der Waals surface area contributed by atoms with Crippen molar-refractivity contribution in [3.63, 3.8) is 0 Å². The molecule has 0 radical (unpaired) electrons. The minimum atomic E-state index is -0.343. The molecule has 2 fully saturated rings. The molecule has 2 N–H and O–H groups in total. The summed E-state index contributed by atoms with van der Waals surface area (Å²) in [5.74, 6) is 0.248. The summed E-state index contributed by atoms with van der Waals surface area (Å²) < 4.78 is 2.03. The molecule has 5 heteroatoms. The van der Waals surface area contributed by atoms with Crippen LogP contribution in [0.25, 0.3) is 0 Å². The van der Waals surface area contributed by atoms with Gasteiger partial charge in [0.1, 0.15) is 0 Å². The van der Waals surface area contributed by atoms with E-state index < -0.39 is 0 Å². The van der Waals surface area contributed by atoms with Crippen molar-refractivity contribution in [1.82, 2.24) is 14.7 Å². The molecule has 3 unspecified atom stereocenters. The molecule has 1 aliphatic heterocycles. The molecular weight excluding hydrogens is 276 g/mol. The van der Waals surface area contributed by atoms with E-state index in [0.717, 1.165) is 51.6 Å². The van der Waals surface area contributed by atoms with E-state index in [0.29, 0.717) is 6.04 Å². The Morgan fingerprint density at radius 3 is 2.86 bits per heavy atom. The van der Waals surface area contributed by atoms with Gasteiger partial charge in [0.05, 0.1) is 18.2 Å². The number of nitrogens with two attached hydrogens (primary N) is 1. The van der Waals surface area contributed by atoms with E-state index in [4.69, 9.17) is 5.73 Å². The third kappa shape index (κ3) is 3.05. The molecule has 1 amide bonds. The second kappa shape index (κ2) is 6.03. The van der Waals surface area contributed by atoms with Crippen LogP contribution in [0.15, 0.2) is 12.4 Å². The van der Waals surface area contributed by atoms with E-state index in [1.165, 1.54) is 5.56 Å². The van der Waals surface area contributed by atoms with Gasteiger partial charge < -0.3 is 10.6 Å². The van der Waals surface area contributed by atoms with E-state index in [9.17, 15) is 4.79 Å². The average Bonchev–Trinajstić information content (AvgIpc) is 2.93. The highest BCUT2D eigenvalue weighted by molar-refractivity contribution is 5.80. The van der Waals surface area contributed by atoms with Crippen molar-refractivity contribution in [2.24, 2.45) is 11.7 Å². The minimum Gasteiger partial charge on any atom is -0.340 e. The summed E-state index contributed by atoms with van der Waals surface area (Å²) in [5, 5.41) is 4.43. The third-order valence-electron chi connectivity index (χ3n) is 5.37. The van der Waals surface area contributed by atoms with Gasteiger partial charge in [-0.15, -0.1) is 0 Å². The van der Waals surface area contributed by atoms with Crippen LogP contribution < -0.4 is 5.73 Å². The smallest absolute Gasteiger partial charge is 0.227 e. The Morgan fingerprint density at radius 2 is 2.18 bits per heavy atom. The lowest BCUT2D eigenvalue weighted by Crippen LogP contribution is -2.55. The maximum absolute atomic E-state index is 13.0. The number of likely N-dealkylation sites (tertiary alicyclic amines) is 1. The largest absolute Gasteiger partial charge is 0.340 e. The van der Waals surface area contributed by atoms with Gasteiger partial charge in [0.25, 0.3) is 0 Å². The maximum Gasteiger partial charge on any atom is 0.227 e. The first kappa shape index (κ1) is 15.5. The zero-order chi connectivity index (χ0) is 15.7.